The molecule has 0 amide bonds. The van der Waals surface area contributed by atoms with Crippen LogP contribution >= 0.6 is 0 Å². The highest BCUT2D eigenvalue weighted by molar-refractivity contribution is 5.36. The highest BCUT2D eigenvalue weighted by Crippen LogP contribution is 2.41. The summed E-state index contributed by atoms with van der Waals surface area (Å²) in [6.45, 7) is 0. The fourth-order valence-corrected chi connectivity index (χ4v) is 3.46. The van der Waals surface area contributed by atoms with E-state index in [4.69, 9.17) is 14.3 Å². The SMILES string of the molecule is COC1Cc2ccccc2C(Cc2ccccc2)(OC)N1OC. The highest BCUT2D eigenvalue weighted by Gasteiger charge is 2.48. The van der Waals surface area contributed by atoms with E-state index >= 15 is 0 Å². The molecule has 122 valence electrons. The number of ether oxygens (including phenoxy) is 2. The van der Waals surface area contributed by atoms with E-state index in [9.17, 15) is 0 Å². The van der Waals surface area contributed by atoms with E-state index in [1.807, 2.05) is 29.3 Å². The lowest BCUT2D eigenvalue weighted by Crippen LogP contribution is -2.58. The highest BCUT2D eigenvalue weighted by atomic mass is 16.7. The average Bonchev–Trinajstić information content (AvgIpc) is 2.62. The zero-order chi connectivity index (χ0) is 16.3. The summed E-state index contributed by atoms with van der Waals surface area (Å²) in [6, 6.07) is 18.6. The van der Waals surface area contributed by atoms with Crippen LogP contribution in [0.5, 0.6) is 0 Å². The van der Waals surface area contributed by atoms with Crippen molar-refractivity contribution in [3.05, 3.63) is 71.3 Å². The molecule has 0 radical (unpaired) electrons. The summed E-state index contributed by atoms with van der Waals surface area (Å²) >= 11 is 0. The third kappa shape index (κ3) is 2.79. The summed E-state index contributed by atoms with van der Waals surface area (Å²) in [7, 11) is 5.09. The van der Waals surface area contributed by atoms with Crippen LogP contribution in [0.25, 0.3) is 0 Å². The summed E-state index contributed by atoms with van der Waals surface area (Å²) in [5.41, 5.74) is 2.82. The molecular formula is C19H23NO3. The number of nitrogens with zero attached hydrogens (tertiary/aromatic N) is 1. The molecule has 2 aromatic carbocycles. The predicted molar refractivity (Wildman–Crippen MR) is 88.6 cm³/mol. The number of fused-ring (bicyclic) bond motifs is 1. The standard InChI is InChI=1S/C19H23NO3/c1-21-18-13-16-11-7-8-12-17(16)19(22-2,20(18)23-3)14-15-9-5-4-6-10-15/h4-12,18H,13-14H2,1-3H3. The lowest BCUT2D eigenvalue weighted by molar-refractivity contribution is -0.357. The molecule has 3 rings (SSSR count). The fraction of sp³-hybridized carbons (Fsp3) is 0.368. The van der Waals surface area contributed by atoms with Crippen molar-refractivity contribution >= 4 is 0 Å². The second kappa shape index (κ2) is 6.81. The zero-order valence-corrected chi connectivity index (χ0v) is 13.9. The van der Waals surface area contributed by atoms with Gasteiger partial charge in [0.2, 0.25) is 0 Å². The van der Waals surface area contributed by atoms with Crippen molar-refractivity contribution in [2.24, 2.45) is 0 Å². The Morgan fingerprint density at radius 3 is 2.35 bits per heavy atom. The van der Waals surface area contributed by atoms with Gasteiger partial charge in [0.05, 0.1) is 7.11 Å². The Labute approximate surface area is 137 Å². The topological polar surface area (TPSA) is 30.9 Å². The molecule has 1 aliphatic rings. The summed E-state index contributed by atoms with van der Waals surface area (Å²) < 4.78 is 11.7. The van der Waals surface area contributed by atoms with Crippen LogP contribution in [0.1, 0.15) is 16.7 Å². The van der Waals surface area contributed by atoms with Gasteiger partial charge in [0.1, 0.15) is 6.23 Å². The van der Waals surface area contributed by atoms with Gasteiger partial charge in [0.15, 0.2) is 5.72 Å². The van der Waals surface area contributed by atoms with Crippen molar-refractivity contribution in [1.82, 2.24) is 5.06 Å². The monoisotopic (exact) mass is 313 g/mol. The lowest BCUT2D eigenvalue weighted by Gasteiger charge is -2.48. The van der Waals surface area contributed by atoms with Crippen molar-refractivity contribution < 1.29 is 14.3 Å². The Morgan fingerprint density at radius 1 is 1.00 bits per heavy atom. The van der Waals surface area contributed by atoms with Gasteiger partial charge in [0.25, 0.3) is 0 Å². The number of hydrogen-bond acceptors (Lipinski definition) is 4. The van der Waals surface area contributed by atoms with Gasteiger partial charge in [-0.3, -0.25) is 4.84 Å². The molecule has 0 spiro atoms. The van der Waals surface area contributed by atoms with E-state index in [1.54, 1.807) is 21.3 Å². The van der Waals surface area contributed by atoms with Crippen LogP contribution in [0.4, 0.5) is 0 Å². The van der Waals surface area contributed by atoms with Gasteiger partial charge >= 0.3 is 0 Å². The Kier molecular flexibility index (Phi) is 4.78. The number of hydrogen-bond donors (Lipinski definition) is 0. The van der Waals surface area contributed by atoms with Gasteiger partial charge in [-0.1, -0.05) is 54.6 Å². The Bertz CT molecular complexity index is 646. The first kappa shape index (κ1) is 16.1. The van der Waals surface area contributed by atoms with Crippen LogP contribution in [0.15, 0.2) is 54.6 Å². The molecule has 1 heterocycles. The minimum absolute atomic E-state index is 0.196. The van der Waals surface area contributed by atoms with Crippen LogP contribution in [0.3, 0.4) is 0 Å². The van der Waals surface area contributed by atoms with Crippen LogP contribution < -0.4 is 0 Å². The molecule has 0 N–H and O–H groups in total. The molecule has 2 unspecified atom stereocenters. The molecule has 0 aliphatic carbocycles. The van der Waals surface area contributed by atoms with Crippen LogP contribution in [-0.2, 0) is 32.9 Å². The van der Waals surface area contributed by atoms with Gasteiger partial charge in [-0.05, 0) is 11.1 Å². The number of hydroxylamine groups is 2. The molecule has 2 aromatic rings. The van der Waals surface area contributed by atoms with Crippen molar-refractivity contribution in [3.8, 4) is 0 Å². The molecule has 1 aliphatic heterocycles. The van der Waals surface area contributed by atoms with Crippen molar-refractivity contribution in [1.29, 1.82) is 0 Å². The normalized spacial score (nSPS) is 24.4. The van der Waals surface area contributed by atoms with Gasteiger partial charge in [0, 0.05) is 32.6 Å². The second-order valence-corrected chi connectivity index (χ2v) is 5.71. The minimum Gasteiger partial charge on any atom is -0.364 e. The van der Waals surface area contributed by atoms with Gasteiger partial charge < -0.3 is 9.47 Å². The predicted octanol–water partition coefficient (Wildman–Crippen LogP) is 3.12. The van der Waals surface area contributed by atoms with Crippen LogP contribution in [0.2, 0.25) is 0 Å². The van der Waals surface area contributed by atoms with E-state index in [-0.39, 0.29) is 6.23 Å². The molecule has 0 bridgehead atoms. The molecule has 0 aromatic heterocycles. The van der Waals surface area contributed by atoms with Gasteiger partial charge in [-0.15, -0.1) is 5.06 Å². The minimum atomic E-state index is -0.717. The molecule has 4 nitrogen and oxygen atoms in total. The average molecular weight is 313 g/mol. The summed E-state index contributed by atoms with van der Waals surface area (Å²) in [5.74, 6) is 0. The van der Waals surface area contributed by atoms with Crippen LogP contribution in [-0.4, -0.2) is 32.6 Å². The first-order valence-corrected chi connectivity index (χ1v) is 7.79. The molecule has 4 heteroatoms. The first-order valence-electron chi connectivity index (χ1n) is 7.79. The summed E-state index contributed by atoms with van der Waals surface area (Å²) in [5, 5.41) is 1.84. The van der Waals surface area contributed by atoms with Crippen molar-refractivity contribution in [3.63, 3.8) is 0 Å². The second-order valence-electron chi connectivity index (χ2n) is 5.71. The maximum atomic E-state index is 6.07. The molecular weight excluding hydrogens is 290 g/mol. The quantitative estimate of drug-likeness (QED) is 0.848. The Balaban J connectivity index is 2.13. The Morgan fingerprint density at radius 2 is 1.70 bits per heavy atom. The summed E-state index contributed by atoms with van der Waals surface area (Å²) in [4.78, 5) is 5.71. The van der Waals surface area contributed by atoms with Crippen molar-refractivity contribution in [2.75, 3.05) is 21.3 Å². The van der Waals surface area contributed by atoms with E-state index in [0.29, 0.717) is 6.42 Å². The largest absolute Gasteiger partial charge is 0.364 e. The Hall–Kier alpha value is -1.72. The fourth-order valence-electron chi connectivity index (χ4n) is 3.46. The van der Waals surface area contributed by atoms with Crippen LogP contribution in [0, 0.1) is 0 Å². The maximum Gasteiger partial charge on any atom is 0.176 e. The zero-order valence-electron chi connectivity index (χ0n) is 13.9. The molecule has 0 saturated heterocycles. The van der Waals surface area contributed by atoms with E-state index < -0.39 is 5.72 Å². The van der Waals surface area contributed by atoms with Gasteiger partial charge in [-0.25, -0.2) is 0 Å². The maximum absolute atomic E-state index is 6.07. The van der Waals surface area contributed by atoms with E-state index in [2.05, 4.69) is 30.3 Å². The number of rotatable bonds is 5. The smallest absolute Gasteiger partial charge is 0.176 e. The molecule has 0 saturated carbocycles. The molecule has 2 atom stereocenters. The molecule has 0 fully saturated rings. The lowest BCUT2D eigenvalue weighted by atomic mass is 9.85. The molecule has 23 heavy (non-hydrogen) atoms. The first-order chi connectivity index (χ1) is 11.2. The van der Waals surface area contributed by atoms with E-state index in [0.717, 1.165) is 12.0 Å². The van der Waals surface area contributed by atoms with E-state index in [1.165, 1.54) is 11.1 Å². The van der Waals surface area contributed by atoms with Crippen molar-refractivity contribution in [2.45, 2.75) is 24.8 Å². The third-order valence-corrected chi connectivity index (χ3v) is 4.54. The number of methoxy groups -OCH3 is 2. The van der Waals surface area contributed by atoms with Gasteiger partial charge in [-0.2, -0.15) is 0 Å². The summed E-state index contributed by atoms with van der Waals surface area (Å²) in [6.07, 6.45) is 1.24. The third-order valence-electron chi connectivity index (χ3n) is 4.54. The number of benzene rings is 2.